The monoisotopic (exact) mass is 268 g/mol. The number of imidazole rings is 1. The highest BCUT2D eigenvalue weighted by molar-refractivity contribution is 7.15. The summed E-state index contributed by atoms with van der Waals surface area (Å²) in [6.45, 7) is 2.02. The highest BCUT2D eigenvalue weighted by Crippen LogP contribution is 2.23. The highest BCUT2D eigenvalue weighted by atomic mass is 32.1. The van der Waals surface area contributed by atoms with Gasteiger partial charge in [-0.2, -0.15) is 0 Å². The van der Waals surface area contributed by atoms with Crippen molar-refractivity contribution in [3.8, 4) is 0 Å². The van der Waals surface area contributed by atoms with Gasteiger partial charge in [0.15, 0.2) is 10.8 Å². The van der Waals surface area contributed by atoms with E-state index in [1.165, 1.54) is 0 Å². The topological polar surface area (TPSA) is 44.0 Å². The number of rotatable bonds is 6. The summed E-state index contributed by atoms with van der Waals surface area (Å²) in [6.07, 6.45) is 3.04. The molecule has 100 valence electrons. The fraction of sp³-hybridized carbons (Fsp3) is 0.583. The third-order valence-electron chi connectivity index (χ3n) is 2.95. The molecule has 0 radical (unpaired) electrons. The van der Waals surface area contributed by atoms with Crippen molar-refractivity contribution in [1.29, 1.82) is 0 Å². The van der Waals surface area contributed by atoms with Gasteiger partial charge in [0, 0.05) is 25.2 Å². The van der Waals surface area contributed by atoms with Gasteiger partial charge in [-0.05, 0) is 27.1 Å². The summed E-state index contributed by atoms with van der Waals surface area (Å²) in [5.41, 5.74) is 0.874. The largest absolute Gasteiger partial charge is 0.390 e. The second-order valence-corrected chi connectivity index (χ2v) is 5.55. The van der Waals surface area contributed by atoms with Gasteiger partial charge in [0.25, 0.3) is 0 Å². The molecule has 0 saturated carbocycles. The van der Waals surface area contributed by atoms with Crippen LogP contribution in [0.15, 0.2) is 11.6 Å². The number of hydrogen-bond donors (Lipinski definition) is 1. The van der Waals surface area contributed by atoms with Crippen molar-refractivity contribution >= 4 is 22.1 Å². The number of aliphatic hydroxyl groups excluding tert-OH is 1. The first-order valence-electron chi connectivity index (χ1n) is 6.04. The lowest BCUT2D eigenvalue weighted by Gasteiger charge is -2.19. The van der Waals surface area contributed by atoms with Crippen molar-refractivity contribution in [2.75, 3.05) is 39.1 Å². The second kappa shape index (κ2) is 5.69. The van der Waals surface area contributed by atoms with Gasteiger partial charge in [-0.1, -0.05) is 0 Å². The van der Waals surface area contributed by atoms with Crippen LogP contribution in [0.4, 0.5) is 5.82 Å². The van der Waals surface area contributed by atoms with Crippen LogP contribution in [0.1, 0.15) is 12.1 Å². The van der Waals surface area contributed by atoms with Gasteiger partial charge in [-0.25, -0.2) is 4.98 Å². The number of hydrogen-bond acceptors (Lipinski definition) is 5. The lowest BCUT2D eigenvalue weighted by Crippen LogP contribution is -2.24. The summed E-state index contributed by atoms with van der Waals surface area (Å²) < 4.78 is 1.96. The summed E-state index contributed by atoms with van der Waals surface area (Å²) >= 11 is 1.59. The van der Waals surface area contributed by atoms with E-state index in [9.17, 15) is 5.11 Å². The van der Waals surface area contributed by atoms with Crippen LogP contribution in [0.3, 0.4) is 0 Å². The Labute approximate surface area is 111 Å². The zero-order chi connectivity index (χ0) is 13.1. The predicted molar refractivity (Wildman–Crippen MR) is 75.4 cm³/mol. The number of thiazole rings is 1. The lowest BCUT2D eigenvalue weighted by molar-refractivity contribution is 0.276. The Bertz CT molecular complexity index is 505. The van der Waals surface area contributed by atoms with Crippen LogP contribution < -0.4 is 4.90 Å². The number of aliphatic hydroxyl groups is 1. The molecular weight excluding hydrogens is 248 g/mol. The molecule has 6 heteroatoms. The molecule has 18 heavy (non-hydrogen) atoms. The summed E-state index contributed by atoms with van der Waals surface area (Å²) in [4.78, 5) is 9.81. The minimum absolute atomic E-state index is 0.0191. The van der Waals surface area contributed by atoms with Gasteiger partial charge in [-0.3, -0.25) is 4.40 Å². The van der Waals surface area contributed by atoms with Crippen LogP contribution in [-0.4, -0.2) is 53.6 Å². The molecule has 0 aromatic carbocycles. The first-order chi connectivity index (χ1) is 8.63. The molecule has 2 aromatic rings. The molecule has 0 spiro atoms. The SMILES string of the molecule is CN(C)CCCN(C)c1nc2sccn2c1CO. The minimum atomic E-state index is 0.0191. The summed E-state index contributed by atoms with van der Waals surface area (Å²) in [7, 11) is 6.18. The zero-order valence-electron chi connectivity index (χ0n) is 11.1. The van der Waals surface area contributed by atoms with Crippen LogP contribution in [0, 0.1) is 0 Å². The van der Waals surface area contributed by atoms with E-state index in [1.54, 1.807) is 11.3 Å². The van der Waals surface area contributed by atoms with E-state index in [0.717, 1.165) is 36.0 Å². The normalized spacial score (nSPS) is 11.6. The highest BCUT2D eigenvalue weighted by Gasteiger charge is 2.15. The Morgan fingerprint density at radius 2 is 2.11 bits per heavy atom. The van der Waals surface area contributed by atoms with Crippen LogP contribution >= 0.6 is 11.3 Å². The summed E-state index contributed by atoms with van der Waals surface area (Å²) in [6, 6.07) is 0. The molecule has 0 unspecified atom stereocenters. The molecule has 0 amide bonds. The summed E-state index contributed by atoms with van der Waals surface area (Å²) in [5.74, 6) is 0.892. The van der Waals surface area contributed by atoms with Crippen LogP contribution in [0.2, 0.25) is 0 Å². The third-order valence-corrected chi connectivity index (χ3v) is 3.71. The first-order valence-corrected chi connectivity index (χ1v) is 6.92. The number of anilines is 1. The Morgan fingerprint density at radius 3 is 2.78 bits per heavy atom. The van der Waals surface area contributed by atoms with Crippen molar-refractivity contribution in [1.82, 2.24) is 14.3 Å². The zero-order valence-corrected chi connectivity index (χ0v) is 11.9. The molecule has 2 aromatic heterocycles. The molecule has 1 N–H and O–H groups in total. The number of aromatic nitrogens is 2. The molecule has 0 fully saturated rings. The Kier molecular flexibility index (Phi) is 4.21. The molecule has 0 aliphatic carbocycles. The molecule has 0 aliphatic rings. The maximum absolute atomic E-state index is 9.50. The van der Waals surface area contributed by atoms with Crippen LogP contribution in [-0.2, 0) is 6.61 Å². The third kappa shape index (κ3) is 2.66. The van der Waals surface area contributed by atoms with Gasteiger partial charge in [0.2, 0.25) is 0 Å². The maximum atomic E-state index is 9.50. The van der Waals surface area contributed by atoms with Crippen LogP contribution in [0.25, 0.3) is 4.96 Å². The van der Waals surface area contributed by atoms with E-state index in [2.05, 4.69) is 28.9 Å². The van der Waals surface area contributed by atoms with Crippen molar-refractivity contribution in [3.05, 3.63) is 17.3 Å². The fourth-order valence-electron chi connectivity index (χ4n) is 2.00. The number of fused-ring (bicyclic) bond motifs is 1. The van der Waals surface area contributed by atoms with Crippen molar-refractivity contribution in [3.63, 3.8) is 0 Å². The molecule has 0 bridgehead atoms. The Balaban J connectivity index is 2.11. The van der Waals surface area contributed by atoms with E-state index >= 15 is 0 Å². The van der Waals surface area contributed by atoms with Crippen LogP contribution in [0.5, 0.6) is 0 Å². The first kappa shape index (κ1) is 13.3. The van der Waals surface area contributed by atoms with Gasteiger partial charge < -0.3 is 14.9 Å². The molecule has 0 saturated heterocycles. The molecule has 0 aliphatic heterocycles. The Hall–Kier alpha value is -1.11. The van der Waals surface area contributed by atoms with E-state index in [4.69, 9.17) is 0 Å². The lowest BCUT2D eigenvalue weighted by atomic mass is 10.3. The van der Waals surface area contributed by atoms with Gasteiger partial charge in [0.1, 0.15) is 0 Å². The van der Waals surface area contributed by atoms with E-state index < -0.39 is 0 Å². The smallest absolute Gasteiger partial charge is 0.195 e. The standard InChI is InChI=1S/C12H20N4OS/c1-14(2)5-4-6-15(3)11-10(9-17)16-7-8-18-12(16)13-11/h7-8,17H,4-6,9H2,1-3H3. The average Bonchev–Trinajstić information content (AvgIpc) is 2.87. The predicted octanol–water partition coefficient (Wildman–Crippen LogP) is 1.28. The van der Waals surface area contributed by atoms with Gasteiger partial charge in [-0.15, -0.1) is 11.3 Å². The van der Waals surface area contributed by atoms with E-state index in [0.29, 0.717) is 0 Å². The molecule has 0 atom stereocenters. The maximum Gasteiger partial charge on any atom is 0.195 e. The number of nitrogens with zero attached hydrogens (tertiary/aromatic N) is 4. The fourth-order valence-corrected chi connectivity index (χ4v) is 2.73. The van der Waals surface area contributed by atoms with Crippen molar-refractivity contribution in [2.45, 2.75) is 13.0 Å². The second-order valence-electron chi connectivity index (χ2n) is 4.67. The Morgan fingerprint density at radius 1 is 1.33 bits per heavy atom. The van der Waals surface area contributed by atoms with E-state index in [-0.39, 0.29) is 6.61 Å². The van der Waals surface area contributed by atoms with Gasteiger partial charge >= 0.3 is 0 Å². The minimum Gasteiger partial charge on any atom is -0.390 e. The summed E-state index contributed by atoms with van der Waals surface area (Å²) in [5, 5.41) is 11.5. The van der Waals surface area contributed by atoms with Crippen molar-refractivity contribution < 1.29 is 5.11 Å². The average molecular weight is 268 g/mol. The van der Waals surface area contributed by atoms with Gasteiger partial charge in [0.05, 0.1) is 12.3 Å². The van der Waals surface area contributed by atoms with E-state index in [1.807, 2.05) is 23.0 Å². The van der Waals surface area contributed by atoms with Crippen molar-refractivity contribution in [2.24, 2.45) is 0 Å². The quantitative estimate of drug-likeness (QED) is 0.857. The molecular formula is C12H20N4OS. The molecule has 2 heterocycles. The molecule has 2 rings (SSSR count). The molecule has 5 nitrogen and oxygen atoms in total.